The van der Waals surface area contributed by atoms with E-state index in [0.717, 1.165) is 19.9 Å². The number of carbonyl (C=O) groups excluding carboxylic acids is 1. The van der Waals surface area contributed by atoms with Crippen molar-refractivity contribution in [2.75, 3.05) is 5.73 Å². The molecule has 0 bridgehead atoms. The number of hydrogen-bond donors (Lipinski definition) is 2. The zero-order chi connectivity index (χ0) is 14.9. The summed E-state index contributed by atoms with van der Waals surface area (Å²) in [5, 5.41) is 3.85. The van der Waals surface area contributed by atoms with Gasteiger partial charge < -0.3 is 11.1 Å². The maximum Gasteiger partial charge on any atom is 0.252 e. The van der Waals surface area contributed by atoms with Crippen LogP contribution in [-0.4, -0.2) is 10.9 Å². The van der Waals surface area contributed by atoms with E-state index < -0.39 is 0 Å². The van der Waals surface area contributed by atoms with E-state index in [-0.39, 0.29) is 11.9 Å². The van der Waals surface area contributed by atoms with Gasteiger partial charge >= 0.3 is 0 Å². The Morgan fingerprint density at radius 3 is 2.75 bits per heavy atom. The van der Waals surface area contributed by atoms with E-state index >= 15 is 0 Å². The van der Waals surface area contributed by atoms with Gasteiger partial charge in [-0.2, -0.15) is 0 Å². The van der Waals surface area contributed by atoms with Crippen molar-refractivity contribution in [2.24, 2.45) is 0 Å². The second kappa shape index (κ2) is 5.93. The smallest absolute Gasteiger partial charge is 0.252 e. The molecule has 2 rings (SSSR count). The fourth-order valence-electron chi connectivity index (χ4n) is 1.84. The third kappa shape index (κ3) is 3.19. The van der Waals surface area contributed by atoms with Crippen molar-refractivity contribution >= 4 is 38.9 Å². The van der Waals surface area contributed by atoms with Gasteiger partial charge in [-0.05, 0) is 38.5 Å². The molecule has 0 spiro atoms. The number of anilines is 1. The molecule has 6 heteroatoms. The summed E-state index contributed by atoms with van der Waals surface area (Å²) in [6, 6.07) is 3.45. The molecule has 1 atom stereocenters. The number of carbonyl (C=O) groups is 1. The quantitative estimate of drug-likeness (QED) is 0.828. The van der Waals surface area contributed by atoms with Gasteiger partial charge in [0.05, 0.1) is 6.04 Å². The van der Waals surface area contributed by atoms with Gasteiger partial charge in [-0.15, -0.1) is 11.3 Å². The summed E-state index contributed by atoms with van der Waals surface area (Å²) in [5.74, 6) is -0.143. The molecule has 20 heavy (non-hydrogen) atoms. The molecule has 0 aliphatic rings. The minimum absolute atomic E-state index is 0.124. The van der Waals surface area contributed by atoms with Crippen LogP contribution in [-0.2, 0) is 0 Å². The SMILES string of the molecule is Cc1cnc(C(C)NC(=O)c2cc(Br)cc(N)c2C)s1. The Hall–Kier alpha value is -1.40. The highest BCUT2D eigenvalue weighted by Gasteiger charge is 2.17. The molecule has 0 aliphatic carbocycles. The lowest BCUT2D eigenvalue weighted by Gasteiger charge is -2.14. The van der Waals surface area contributed by atoms with E-state index in [1.807, 2.05) is 27.0 Å². The number of nitrogens with zero attached hydrogens (tertiary/aromatic N) is 1. The minimum atomic E-state index is -0.143. The van der Waals surface area contributed by atoms with Crippen LogP contribution in [0.25, 0.3) is 0 Å². The molecule has 2 aromatic rings. The van der Waals surface area contributed by atoms with Crippen LogP contribution in [0.15, 0.2) is 22.8 Å². The molecule has 1 aromatic heterocycles. The van der Waals surface area contributed by atoms with Gasteiger partial charge in [0, 0.05) is 26.8 Å². The van der Waals surface area contributed by atoms with Gasteiger partial charge in [-0.3, -0.25) is 4.79 Å². The molecule has 1 aromatic carbocycles. The predicted molar refractivity (Wildman–Crippen MR) is 86.0 cm³/mol. The molecular formula is C14H16BrN3OS. The van der Waals surface area contributed by atoms with Gasteiger partial charge in [-0.25, -0.2) is 4.98 Å². The molecule has 1 unspecified atom stereocenters. The second-order valence-electron chi connectivity index (χ2n) is 4.67. The number of nitrogen functional groups attached to an aromatic ring is 1. The fourth-order valence-corrected chi connectivity index (χ4v) is 3.10. The Morgan fingerprint density at radius 1 is 1.45 bits per heavy atom. The number of hydrogen-bond acceptors (Lipinski definition) is 4. The fraction of sp³-hybridized carbons (Fsp3) is 0.286. The zero-order valence-corrected chi connectivity index (χ0v) is 13.9. The van der Waals surface area contributed by atoms with Crippen molar-refractivity contribution in [2.45, 2.75) is 26.8 Å². The third-order valence-electron chi connectivity index (χ3n) is 3.01. The number of benzene rings is 1. The molecular weight excluding hydrogens is 338 g/mol. The molecule has 3 N–H and O–H groups in total. The molecule has 0 saturated carbocycles. The first-order valence-electron chi connectivity index (χ1n) is 6.17. The number of halogens is 1. The first-order valence-corrected chi connectivity index (χ1v) is 7.78. The van der Waals surface area contributed by atoms with Crippen LogP contribution in [0.2, 0.25) is 0 Å². The molecule has 4 nitrogen and oxygen atoms in total. The molecule has 1 heterocycles. The van der Waals surface area contributed by atoms with Crippen molar-refractivity contribution in [3.8, 4) is 0 Å². The lowest BCUT2D eigenvalue weighted by atomic mass is 10.1. The Bertz CT molecular complexity index is 654. The van der Waals surface area contributed by atoms with E-state index in [1.165, 1.54) is 0 Å². The van der Waals surface area contributed by atoms with E-state index in [2.05, 4.69) is 26.2 Å². The lowest BCUT2D eigenvalue weighted by molar-refractivity contribution is 0.0939. The summed E-state index contributed by atoms with van der Waals surface area (Å²) >= 11 is 4.94. The van der Waals surface area contributed by atoms with Gasteiger partial charge in [-0.1, -0.05) is 15.9 Å². The molecule has 0 fully saturated rings. The van der Waals surface area contributed by atoms with Crippen LogP contribution in [0.4, 0.5) is 5.69 Å². The van der Waals surface area contributed by atoms with Gasteiger partial charge in [0.25, 0.3) is 5.91 Å². The maximum atomic E-state index is 12.3. The van der Waals surface area contributed by atoms with Crippen molar-refractivity contribution in [1.29, 1.82) is 0 Å². The van der Waals surface area contributed by atoms with Crippen LogP contribution >= 0.6 is 27.3 Å². The number of nitrogens with one attached hydrogen (secondary N) is 1. The third-order valence-corrected chi connectivity index (χ3v) is 4.57. The van der Waals surface area contributed by atoms with Gasteiger partial charge in [0.2, 0.25) is 0 Å². The van der Waals surface area contributed by atoms with Crippen LogP contribution < -0.4 is 11.1 Å². The Kier molecular flexibility index (Phi) is 4.45. The summed E-state index contributed by atoms with van der Waals surface area (Å²) in [6.45, 7) is 5.76. The monoisotopic (exact) mass is 353 g/mol. The van der Waals surface area contributed by atoms with E-state index in [1.54, 1.807) is 23.5 Å². The highest BCUT2D eigenvalue weighted by Crippen LogP contribution is 2.24. The van der Waals surface area contributed by atoms with Crippen LogP contribution in [0.5, 0.6) is 0 Å². The van der Waals surface area contributed by atoms with Crippen molar-refractivity contribution in [1.82, 2.24) is 10.3 Å². The number of aromatic nitrogens is 1. The Balaban J connectivity index is 2.20. The first-order chi connectivity index (χ1) is 9.38. The standard InChI is InChI=1S/C14H16BrN3OS/c1-7-6-17-14(20-7)9(3)18-13(19)11-4-10(15)5-12(16)8(11)2/h4-6,9H,16H2,1-3H3,(H,18,19). The second-order valence-corrected chi connectivity index (χ2v) is 6.85. The van der Waals surface area contributed by atoms with Crippen LogP contribution in [0, 0.1) is 13.8 Å². The van der Waals surface area contributed by atoms with Crippen LogP contribution in [0.3, 0.4) is 0 Å². The molecule has 0 aliphatic heterocycles. The molecule has 1 amide bonds. The van der Waals surface area contributed by atoms with Crippen molar-refractivity contribution in [3.63, 3.8) is 0 Å². The summed E-state index contributed by atoms with van der Waals surface area (Å²) in [6.07, 6.45) is 1.81. The van der Waals surface area contributed by atoms with E-state index in [4.69, 9.17) is 5.73 Å². The average molecular weight is 354 g/mol. The van der Waals surface area contributed by atoms with Crippen LogP contribution in [0.1, 0.15) is 38.8 Å². The number of rotatable bonds is 3. The lowest BCUT2D eigenvalue weighted by Crippen LogP contribution is -2.27. The molecule has 106 valence electrons. The van der Waals surface area contributed by atoms with Crippen molar-refractivity contribution in [3.05, 3.63) is 43.8 Å². The number of aryl methyl sites for hydroxylation is 1. The first kappa shape index (κ1) is 15.0. The summed E-state index contributed by atoms with van der Waals surface area (Å²) in [5.41, 5.74) is 7.85. The highest BCUT2D eigenvalue weighted by atomic mass is 79.9. The summed E-state index contributed by atoms with van der Waals surface area (Å²) < 4.78 is 0.795. The number of thiazole rings is 1. The van der Waals surface area contributed by atoms with Gasteiger partial charge in [0.15, 0.2) is 0 Å². The Morgan fingerprint density at radius 2 is 2.15 bits per heavy atom. The molecule has 0 saturated heterocycles. The van der Waals surface area contributed by atoms with E-state index in [9.17, 15) is 4.79 Å². The number of amides is 1. The highest BCUT2D eigenvalue weighted by molar-refractivity contribution is 9.10. The largest absolute Gasteiger partial charge is 0.398 e. The summed E-state index contributed by atoms with van der Waals surface area (Å²) in [7, 11) is 0. The van der Waals surface area contributed by atoms with Crippen molar-refractivity contribution < 1.29 is 4.79 Å². The topological polar surface area (TPSA) is 68.0 Å². The molecule has 0 radical (unpaired) electrons. The van der Waals surface area contributed by atoms with Gasteiger partial charge in [0.1, 0.15) is 5.01 Å². The average Bonchev–Trinajstić information content (AvgIpc) is 2.80. The number of nitrogens with two attached hydrogens (primary N) is 1. The van der Waals surface area contributed by atoms with E-state index in [0.29, 0.717) is 11.3 Å². The zero-order valence-electron chi connectivity index (χ0n) is 11.5. The maximum absolute atomic E-state index is 12.3. The predicted octanol–water partition coefficient (Wildman–Crippen LogP) is 3.60. The summed E-state index contributed by atoms with van der Waals surface area (Å²) in [4.78, 5) is 17.8. The minimum Gasteiger partial charge on any atom is -0.398 e. The normalized spacial score (nSPS) is 12.2. The Labute approximate surface area is 130 Å².